The van der Waals surface area contributed by atoms with Crippen LogP contribution < -0.4 is 17.2 Å². The number of nitrogens with one attached hydrogen (secondary N) is 1. The van der Waals surface area contributed by atoms with Crippen molar-refractivity contribution in [2.75, 3.05) is 5.75 Å². The van der Waals surface area contributed by atoms with E-state index < -0.39 is 11.9 Å². The Morgan fingerprint density at radius 2 is 2.43 bits per heavy atom. The Balaban J connectivity index is 2.58. The van der Waals surface area contributed by atoms with Crippen molar-refractivity contribution < 1.29 is 4.79 Å². The van der Waals surface area contributed by atoms with Gasteiger partial charge < -0.3 is 11.5 Å². The van der Waals surface area contributed by atoms with Crippen LogP contribution >= 0.6 is 11.8 Å². The molecule has 1 atom stereocenters. The van der Waals surface area contributed by atoms with Crippen LogP contribution in [-0.4, -0.2) is 32.5 Å². The Bertz CT molecular complexity index is 384. The molecule has 1 unspecified atom stereocenters. The van der Waals surface area contributed by atoms with E-state index in [4.69, 9.17) is 11.5 Å². The van der Waals surface area contributed by atoms with Crippen LogP contribution in [0.4, 0.5) is 0 Å². The molecular weight excluding hydrogens is 206 g/mol. The molecule has 0 aliphatic carbocycles. The Hall–Kier alpha value is -1.28. The van der Waals surface area contributed by atoms with Gasteiger partial charge in [-0.05, 0) is 0 Å². The number of H-pyrrole nitrogens is 1. The molecule has 0 aliphatic rings. The number of aromatic nitrogens is 3. The van der Waals surface area contributed by atoms with Crippen LogP contribution in [0.2, 0.25) is 0 Å². The summed E-state index contributed by atoms with van der Waals surface area (Å²) in [6, 6.07) is -0.730. The number of amides is 1. The van der Waals surface area contributed by atoms with E-state index in [0.717, 1.165) is 0 Å². The maximum atomic E-state index is 10.9. The zero-order valence-corrected chi connectivity index (χ0v) is 8.37. The van der Waals surface area contributed by atoms with Crippen molar-refractivity contribution in [1.29, 1.82) is 0 Å². The molecule has 1 aromatic heterocycles. The van der Waals surface area contributed by atoms with Crippen molar-refractivity contribution in [3.63, 3.8) is 0 Å². The van der Waals surface area contributed by atoms with Gasteiger partial charge in [0.2, 0.25) is 5.91 Å². The topological polar surface area (TPSA) is 120 Å². The fourth-order valence-electron chi connectivity index (χ4n) is 0.708. The van der Waals surface area contributed by atoms with Gasteiger partial charge in [0.1, 0.15) is 0 Å². The second-order valence-corrected chi connectivity index (χ2v) is 3.68. The van der Waals surface area contributed by atoms with Crippen molar-refractivity contribution in [3.05, 3.63) is 10.5 Å². The van der Waals surface area contributed by atoms with Gasteiger partial charge in [0.25, 0.3) is 0 Å². The fourth-order valence-corrected chi connectivity index (χ4v) is 1.59. The van der Waals surface area contributed by atoms with E-state index >= 15 is 0 Å². The highest BCUT2D eigenvalue weighted by Crippen LogP contribution is 2.11. The lowest BCUT2D eigenvalue weighted by molar-refractivity contribution is -0.118. The van der Waals surface area contributed by atoms with Crippen LogP contribution in [0.15, 0.2) is 9.95 Å². The molecule has 0 saturated carbocycles. The van der Waals surface area contributed by atoms with Crippen LogP contribution in [0.3, 0.4) is 0 Å². The standard InChI is InChI=1S/C6H11N5O2S/c1-11-5(13)9-10-6(11)14-2-3(7)4(8)12/h3H,2,7H2,1H3,(H2,8,12)(H,9,13). The van der Waals surface area contributed by atoms with Gasteiger partial charge in [-0.3, -0.25) is 9.36 Å². The van der Waals surface area contributed by atoms with Crippen LogP contribution in [-0.2, 0) is 11.8 Å². The van der Waals surface area contributed by atoms with E-state index in [-0.39, 0.29) is 5.69 Å². The molecule has 0 fully saturated rings. The van der Waals surface area contributed by atoms with Crippen LogP contribution in [0, 0.1) is 0 Å². The first kappa shape index (κ1) is 10.8. The van der Waals surface area contributed by atoms with Gasteiger partial charge in [-0.1, -0.05) is 11.8 Å². The molecule has 14 heavy (non-hydrogen) atoms. The number of aromatic amines is 1. The highest BCUT2D eigenvalue weighted by molar-refractivity contribution is 7.99. The molecule has 8 heteroatoms. The number of nitrogens with two attached hydrogens (primary N) is 2. The first-order chi connectivity index (χ1) is 6.52. The second-order valence-electron chi connectivity index (χ2n) is 2.69. The summed E-state index contributed by atoms with van der Waals surface area (Å²) >= 11 is 1.20. The first-order valence-electron chi connectivity index (χ1n) is 3.81. The average molecular weight is 217 g/mol. The molecule has 78 valence electrons. The lowest BCUT2D eigenvalue weighted by atomic mass is 10.3. The third kappa shape index (κ3) is 2.36. The summed E-state index contributed by atoms with van der Waals surface area (Å²) in [5.41, 5.74) is 10.1. The van der Waals surface area contributed by atoms with Gasteiger partial charge in [0.15, 0.2) is 5.16 Å². The van der Waals surface area contributed by atoms with Crippen molar-refractivity contribution in [1.82, 2.24) is 14.8 Å². The fraction of sp³-hybridized carbons (Fsp3) is 0.500. The summed E-state index contributed by atoms with van der Waals surface area (Å²) < 4.78 is 1.33. The SMILES string of the molecule is Cn1c(SCC(N)C(N)=O)n[nH]c1=O. The number of hydrogen-bond acceptors (Lipinski definition) is 5. The number of hydrogen-bond donors (Lipinski definition) is 3. The Kier molecular flexibility index (Phi) is 3.31. The Morgan fingerprint density at radius 1 is 1.79 bits per heavy atom. The van der Waals surface area contributed by atoms with Gasteiger partial charge in [-0.2, -0.15) is 0 Å². The highest BCUT2D eigenvalue weighted by Gasteiger charge is 2.12. The number of carbonyl (C=O) groups is 1. The zero-order chi connectivity index (χ0) is 10.7. The second kappa shape index (κ2) is 4.29. The summed E-state index contributed by atoms with van der Waals surface area (Å²) in [4.78, 5) is 21.5. The van der Waals surface area contributed by atoms with E-state index in [1.165, 1.54) is 16.3 Å². The Labute approximate surface area is 83.8 Å². The van der Waals surface area contributed by atoms with Gasteiger partial charge in [-0.15, -0.1) is 5.10 Å². The highest BCUT2D eigenvalue weighted by atomic mass is 32.2. The van der Waals surface area contributed by atoms with Crippen LogP contribution in [0.5, 0.6) is 0 Å². The molecule has 1 rings (SSSR count). The summed E-state index contributed by atoms with van der Waals surface area (Å²) in [6.45, 7) is 0. The minimum atomic E-state index is -0.730. The Morgan fingerprint density at radius 3 is 2.86 bits per heavy atom. The molecule has 1 heterocycles. The molecule has 0 saturated heterocycles. The zero-order valence-electron chi connectivity index (χ0n) is 7.56. The quantitative estimate of drug-likeness (QED) is 0.504. The van der Waals surface area contributed by atoms with Gasteiger partial charge in [0.05, 0.1) is 6.04 Å². The molecule has 0 aliphatic heterocycles. The number of nitrogens with zero attached hydrogens (tertiary/aromatic N) is 2. The smallest absolute Gasteiger partial charge is 0.343 e. The number of primary amides is 1. The first-order valence-corrected chi connectivity index (χ1v) is 4.80. The summed E-state index contributed by atoms with van der Waals surface area (Å²) in [6.07, 6.45) is 0. The molecule has 0 spiro atoms. The van der Waals surface area contributed by atoms with E-state index in [1.807, 2.05) is 0 Å². The van der Waals surface area contributed by atoms with Crippen molar-refractivity contribution in [2.24, 2.45) is 18.5 Å². The van der Waals surface area contributed by atoms with E-state index in [9.17, 15) is 9.59 Å². The molecule has 0 radical (unpaired) electrons. The summed E-state index contributed by atoms with van der Waals surface area (Å²) in [7, 11) is 1.57. The maximum absolute atomic E-state index is 10.9. The van der Waals surface area contributed by atoms with Crippen molar-refractivity contribution in [3.8, 4) is 0 Å². The predicted octanol–water partition coefficient (Wildman–Crippen LogP) is -1.99. The number of carbonyl (C=O) groups excluding carboxylic acids is 1. The summed E-state index contributed by atoms with van der Waals surface area (Å²) in [5.74, 6) is -0.272. The molecule has 5 N–H and O–H groups in total. The number of thioether (sulfide) groups is 1. The van der Waals surface area contributed by atoms with Crippen LogP contribution in [0.1, 0.15) is 0 Å². The van der Waals surface area contributed by atoms with Gasteiger partial charge >= 0.3 is 5.69 Å². The van der Waals surface area contributed by atoms with E-state index in [2.05, 4.69) is 10.2 Å². The van der Waals surface area contributed by atoms with Gasteiger partial charge in [-0.25, -0.2) is 9.89 Å². The lowest BCUT2D eigenvalue weighted by Gasteiger charge is -2.04. The maximum Gasteiger partial charge on any atom is 0.343 e. The normalized spacial score (nSPS) is 12.7. The molecular formula is C6H11N5O2S. The van der Waals surface area contributed by atoms with E-state index in [0.29, 0.717) is 10.9 Å². The largest absolute Gasteiger partial charge is 0.368 e. The average Bonchev–Trinajstić information content (AvgIpc) is 2.44. The van der Waals surface area contributed by atoms with Crippen molar-refractivity contribution in [2.45, 2.75) is 11.2 Å². The number of rotatable bonds is 4. The summed E-state index contributed by atoms with van der Waals surface area (Å²) in [5, 5.41) is 6.48. The minimum Gasteiger partial charge on any atom is -0.368 e. The third-order valence-corrected chi connectivity index (χ3v) is 2.75. The monoisotopic (exact) mass is 217 g/mol. The molecule has 1 amide bonds. The molecule has 1 aromatic rings. The predicted molar refractivity (Wildman–Crippen MR) is 51.7 cm³/mol. The minimum absolute atomic E-state index is 0.299. The third-order valence-electron chi connectivity index (χ3n) is 1.60. The molecule has 0 aromatic carbocycles. The van der Waals surface area contributed by atoms with E-state index in [1.54, 1.807) is 7.05 Å². The van der Waals surface area contributed by atoms with Crippen LogP contribution in [0.25, 0.3) is 0 Å². The van der Waals surface area contributed by atoms with Gasteiger partial charge in [0, 0.05) is 12.8 Å². The molecule has 0 bridgehead atoms. The molecule has 7 nitrogen and oxygen atoms in total. The van der Waals surface area contributed by atoms with Crippen molar-refractivity contribution >= 4 is 17.7 Å². The lowest BCUT2D eigenvalue weighted by Crippen LogP contribution is -2.38.